The molecular weight excluding hydrogens is 252 g/mol. The molecule has 19 heavy (non-hydrogen) atoms. The summed E-state index contributed by atoms with van der Waals surface area (Å²) in [5.41, 5.74) is -2.36. The maximum absolute atomic E-state index is 11.9. The Morgan fingerprint density at radius 2 is 1.84 bits per heavy atom. The third-order valence-corrected chi connectivity index (χ3v) is 2.90. The molecule has 2 aromatic rings. The standard InChI is InChI=1S/C11H12N4O4/c1-4-5(16)6-9(17)13-8-7(12-6)10(18)15(3)11(19)14(8)2/h4H2,1-3H3,(H,13,17). The molecule has 0 atom stereocenters. The van der Waals surface area contributed by atoms with Crippen molar-refractivity contribution in [2.24, 2.45) is 14.1 Å². The zero-order valence-electron chi connectivity index (χ0n) is 10.7. The number of nitrogens with one attached hydrogen (secondary N) is 1. The summed E-state index contributed by atoms with van der Waals surface area (Å²) >= 11 is 0. The molecule has 2 heterocycles. The lowest BCUT2D eigenvalue weighted by atomic mass is 10.2. The molecule has 8 heteroatoms. The highest BCUT2D eigenvalue weighted by atomic mass is 16.2. The minimum absolute atomic E-state index is 0.00533. The predicted octanol–water partition coefficient (Wildman–Crippen LogP) is -1.09. The van der Waals surface area contributed by atoms with Crippen molar-refractivity contribution < 1.29 is 4.79 Å². The smallest absolute Gasteiger partial charge is 0.304 e. The van der Waals surface area contributed by atoms with Gasteiger partial charge in [-0.2, -0.15) is 0 Å². The molecule has 0 radical (unpaired) electrons. The van der Waals surface area contributed by atoms with Gasteiger partial charge in [-0.25, -0.2) is 9.78 Å². The Morgan fingerprint density at radius 3 is 2.42 bits per heavy atom. The van der Waals surface area contributed by atoms with E-state index >= 15 is 0 Å². The first kappa shape index (κ1) is 12.9. The van der Waals surface area contributed by atoms with E-state index in [2.05, 4.69) is 9.97 Å². The predicted molar refractivity (Wildman–Crippen MR) is 67.5 cm³/mol. The number of aromatic amines is 1. The number of ketones is 1. The molecule has 0 bridgehead atoms. The van der Waals surface area contributed by atoms with Gasteiger partial charge in [-0.1, -0.05) is 6.92 Å². The molecular formula is C11H12N4O4. The molecule has 0 aromatic carbocycles. The number of Topliss-reactive ketones (excluding diaryl/α,β-unsaturated/α-hetero) is 1. The first-order valence-corrected chi connectivity index (χ1v) is 5.61. The lowest BCUT2D eigenvalue weighted by molar-refractivity contribution is 0.0982. The Morgan fingerprint density at radius 1 is 1.21 bits per heavy atom. The van der Waals surface area contributed by atoms with Crippen LogP contribution in [0.2, 0.25) is 0 Å². The van der Waals surface area contributed by atoms with Crippen LogP contribution in [0.15, 0.2) is 14.4 Å². The van der Waals surface area contributed by atoms with Crippen molar-refractivity contribution in [1.29, 1.82) is 0 Å². The van der Waals surface area contributed by atoms with E-state index in [4.69, 9.17) is 0 Å². The molecule has 0 unspecified atom stereocenters. The number of nitrogens with zero attached hydrogens (tertiary/aromatic N) is 3. The van der Waals surface area contributed by atoms with Crippen molar-refractivity contribution >= 4 is 16.9 Å². The molecule has 1 N–H and O–H groups in total. The van der Waals surface area contributed by atoms with Crippen LogP contribution in [0.3, 0.4) is 0 Å². The molecule has 8 nitrogen and oxygen atoms in total. The average Bonchev–Trinajstić information content (AvgIpc) is 2.41. The molecule has 0 fully saturated rings. The van der Waals surface area contributed by atoms with Gasteiger partial charge in [0.2, 0.25) is 0 Å². The average molecular weight is 264 g/mol. The summed E-state index contributed by atoms with van der Waals surface area (Å²) < 4.78 is 1.97. The van der Waals surface area contributed by atoms with Gasteiger partial charge >= 0.3 is 5.69 Å². The second kappa shape index (κ2) is 4.30. The van der Waals surface area contributed by atoms with Crippen LogP contribution in [-0.4, -0.2) is 24.9 Å². The maximum Gasteiger partial charge on any atom is 0.332 e. The highest BCUT2D eigenvalue weighted by molar-refractivity contribution is 5.94. The number of aromatic nitrogens is 4. The molecule has 2 aromatic heterocycles. The Bertz CT molecular complexity index is 856. The molecule has 0 aliphatic heterocycles. The van der Waals surface area contributed by atoms with Crippen LogP contribution in [-0.2, 0) is 14.1 Å². The third kappa shape index (κ3) is 1.81. The van der Waals surface area contributed by atoms with Gasteiger partial charge < -0.3 is 4.98 Å². The van der Waals surface area contributed by atoms with Gasteiger partial charge in [-0.15, -0.1) is 0 Å². The number of hydrogen-bond acceptors (Lipinski definition) is 5. The van der Waals surface area contributed by atoms with Crippen LogP contribution in [0.4, 0.5) is 0 Å². The first-order valence-electron chi connectivity index (χ1n) is 5.61. The Balaban J connectivity index is 3.04. The summed E-state index contributed by atoms with van der Waals surface area (Å²) in [6, 6.07) is 0. The van der Waals surface area contributed by atoms with E-state index in [0.29, 0.717) is 0 Å². The highest BCUT2D eigenvalue weighted by Gasteiger charge is 2.16. The molecule has 0 aliphatic carbocycles. The van der Waals surface area contributed by atoms with Gasteiger partial charge in [-0.3, -0.25) is 23.5 Å². The van der Waals surface area contributed by atoms with E-state index in [1.54, 1.807) is 6.92 Å². The summed E-state index contributed by atoms with van der Waals surface area (Å²) in [6.45, 7) is 1.59. The molecule has 0 amide bonds. The quantitative estimate of drug-likeness (QED) is 0.694. The van der Waals surface area contributed by atoms with Crippen LogP contribution in [0.25, 0.3) is 11.2 Å². The monoisotopic (exact) mass is 264 g/mol. The molecule has 2 rings (SSSR count). The number of H-pyrrole nitrogens is 1. The summed E-state index contributed by atoms with van der Waals surface area (Å²) in [4.78, 5) is 53.1. The van der Waals surface area contributed by atoms with E-state index < -0.39 is 22.6 Å². The number of carbonyl (C=O) groups excluding carboxylic acids is 1. The maximum atomic E-state index is 11.9. The van der Waals surface area contributed by atoms with Crippen LogP contribution in [0.5, 0.6) is 0 Å². The van der Waals surface area contributed by atoms with E-state index in [1.807, 2.05) is 0 Å². The van der Waals surface area contributed by atoms with Crippen molar-refractivity contribution in [3.63, 3.8) is 0 Å². The lowest BCUT2D eigenvalue weighted by Crippen LogP contribution is -2.39. The van der Waals surface area contributed by atoms with Gasteiger partial charge in [0.05, 0.1) is 0 Å². The number of aryl methyl sites for hydroxylation is 1. The molecule has 100 valence electrons. The van der Waals surface area contributed by atoms with Crippen molar-refractivity contribution in [1.82, 2.24) is 19.1 Å². The largest absolute Gasteiger partial charge is 0.332 e. The lowest BCUT2D eigenvalue weighted by Gasteiger charge is -2.06. The van der Waals surface area contributed by atoms with Gasteiger partial charge in [-0.05, 0) is 0 Å². The number of rotatable bonds is 2. The summed E-state index contributed by atoms with van der Waals surface area (Å²) in [7, 11) is 2.71. The fourth-order valence-electron chi connectivity index (χ4n) is 1.76. The van der Waals surface area contributed by atoms with Crippen molar-refractivity contribution in [2.45, 2.75) is 13.3 Å². The second-order valence-corrected chi connectivity index (χ2v) is 4.09. The fourth-order valence-corrected chi connectivity index (χ4v) is 1.76. The van der Waals surface area contributed by atoms with Crippen molar-refractivity contribution in [3.8, 4) is 0 Å². The minimum atomic E-state index is -0.706. The SMILES string of the molecule is CCC(=O)c1nc2c(=O)n(C)c(=O)n(C)c2[nH]c1=O. The van der Waals surface area contributed by atoms with Crippen molar-refractivity contribution in [3.05, 3.63) is 36.9 Å². The van der Waals surface area contributed by atoms with Gasteiger partial charge in [0.25, 0.3) is 11.1 Å². The number of hydrogen-bond donors (Lipinski definition) is 1. The zero-order chi connectivity index (χ0) is 14.3. The minimum Gasteiger partial charge on any atom is -0.304 e. The topological polar surface area (TPSA) is 107 Å². The van der Waals surface area contributed by atoms with E-state index in [9.17, 15) is 19.2 Å². The molecule has 0 saturated heterocycles. The van der Waals surface area contributed by atoms with Crippen LogP contribution >= 0.6 is 0 Å². The van der Waals surface area contributed by atoms with Gasteiger partial charge in [0, 0.05) is 20.5 Å². The van der Waals surface area contributed by atoms with Crippen LogP contribution < -0.4 is 16.8 Å². The zero-order valence-corrected chi connectivity index (χ0v) is 10.7. The summed E-state index contributed by atoms with van der Waals surface area (Å²) in [5, 5.41) is 0. The first-order chi connectivity index (χ1) is 8.88. The van der Waals surface area contributed by atoms with Crippen molar-refractivity contribution in [2.75, 3.05) is 0 Å². The Labute approximate surface area is 106 Å². The Hall–Kier alpha value is -2.51. The molecule has 0 aliphatic rings. The van der Waals surface area contributed by atoms with Crippen LogP contribution in [0, 0.1) is 0 Å². The second-order valence-electron chi connectivity index (χ2n) is 4.09. The van der Waals surface area contributed by atoms with E-state index in [-0.39, 0.29) is 23.3 Å². The third-order valence-electron chi connectivity index (χ3n) is 2.90. The van der Waals surface area contributed by atoms with Gasteiger partial charge in [0.15, 0.2) is 17.0 Å². The summed E-state index contributed by atoms with van der Waals surface area (Å²) in [6.07, 6.45) is 0.105. The number of carbonyl (C=O) groups is 1. The molecule has 0 saturated carbocycles. The molecule has 0 spiro atoms. The van der Waals surface area contributed by atoms with E-state index in [0.717, 1.165) is 9.13 Å². The Kier molecular flexibility index (Phi) is 2.93. The van der Waals surface area contributed by atoms with Crippen LogP contribution in [0.1, 0.15) is 23.8 Å². The van der Waals surface area contributed by atoms with E-state index in [1.165, 1.54) is 14.1 Å². The fraction of sp³-hybridized carbons (Fsp3) is 0.364. The van der Waals surface area contributed by atoms with Gasteiger partial charge in [0.1, 0.15) is 5.65 Å². The normalized spacial score (nSPS) is 10.9. The highest BCUT2D eigenvalue weighted by Crippen LogP contribution is 2.00. The summed E-state index contributed by atoms with van der Waals surface area (Å²) in [5.74, 6) is -0.459. The number of fused-ring (bicyclic) bond motifs is 1.